The Morgan fingerprint density at radius 2 is 2.21 bits per heavy atom. The molecule has 6 nitrogen and oxygen atoms in total. The van der Waals surface area contributed by atoms with Crippen molar-refractivity contribution in [3.63, 3.8) is 0 Å². The average molecular weight is 344 g/mol. The molecule has 0 spiro atoms. The fourth-order valence-corrected chi connectivity index (χ4v) is 3.70. The Morgan fingerprint density at radius 1 is 1.42 bits per heavy atom. The number of nitrogens with zero attached hydrogens (tertiary/aromatic N) is 4. The van der Waals surface area contributed by atoms with E-state index < -0.39 is 5.92 Å². The zero-order valence-corrected chi connectivity index (χ0v) is 14.6. The molecule has 1 aromatic carbocycles. The van der Waals surface area contributed by atoms with Gasteiger partial charge in [-0.25, -0.2) is 4.98 Å². The van der Waals surface area contributed by atoms with Crippen molar-refractivity contribution >= 4 is 44.0 Å². The lowest BCUT2D eigenvalue weighted by Crippen LogP contribution is -2.32. The molecule has 1 N–H and O–H groups in total. The third-order valence-electron chi connectivity index (χ3n) is 3.87. The predicted octanol–water partition coefficient (Wildman–Crippen LogP) is 2.87. The van der Waals surface area contributed by atoms with E-state index in [9.17, 15) is 4.79 Å². The number of para-hydroxylation sites is 1. The zero-order valence-electron chi connectivity index (χ0n) is 13.8. The van der Waals surface area contributed by atoms with Crippen LogP contribution in [0.3, 0.4) is 0 Å². The number of aromatic nitrogens is 1. The summed E-state index contributed by atoms with van der Waals surface area (Å²) in [6.07, 6.45) is 1.65. The van der Waals surface area contributed by atoms with Crippen LogP contribution in [-0.2, 0) is 4.79 Å². The summed E-state index contributed by atoms with van der Waals surface area (Å²) in [5.74, 6) is -0.555. The van der Waals surface area contributed by atoms with E-state index in [1.54, 1.807) is 0 Å². The smallest absolute Gasteiger partial charge is 0.264 e. The van der Waals surface area contributed by atoms with Gasteiger partial charge < -0.3 is 5.11 Å². The zero-order chi connectivity index (χ0) is 17.1. The minimum Gasteiger partial charge on any atom is -0.394 e. The summed E-state index contributed by atoms with van der Waals surface area (Å²) >= 11 is 1.46. The quantitative estimate of drug-likeness (QED) is 0.819. The number of aliphatic hydroxyl groups excluding tert-OH is 1. The summed E-state index contributed by atoms with van der Waals surface area (Å²) in [4.78, 5) is 21.7. The van der Waals surface area contributed by atoms with E-state index in [1.165, 1.54) is 16.3 Å². The van der Waals surface area contributed by atoms with E-state index in [-0.39, 0.29) is 12.5 Å². The molecule has 0 radical (unpaired) electrons. The Morgan fingerprint density at radius 3 is 2.92 bits per heavy atom. The van der Waals surface area contributed by atoms with Crippen LogP contribution in [-0.4, -0.2) is 40.6 Å². The monoisotopic (exact) mass is 344 g/mol. The van der Waals surface area contributed by atoms with Crippen molar-refractivity contribution in [1.82, 2.24) is 4.98 Å². The summed E-state index contributed by atoms with van der Waals surface area (Å²) in [7, 11) is 0. The van der Waals surface area contributed by atoms with Crippen LogP contribution < -0.4 is 5.01 Å². The second-order valence-corrected chi connectivity index (χ2v) is 6.64. The molecule has 0 saturated heterocycles. The van der Waals surface area contributed by atoms with Gasteiger partial charge in [-0.15, -0.1) is 0 Å². The highest BCUT2D eigenvalue weighted by Gasteiger charge is 2.39. The largest absolute Gasteiger partial charge is 0.394 e. The number of benzene rings is 1. The fraction of sp³-hybridized carbons (Fsp3) is 0.412. The molecule has 0 saturated carbocycles. The molecule has 0 bridgehead atoms. The minimum absolute atomic E-state index is 0.0277. The Kier molecular flexibility index (Phi) is 5.01. The molecule has 1 aliphatic rings. The highest BCUT2D eigenvalue weighted by molar-refractivity contribution is 7.22. The van der Waals surface area contributed by atoms with Crippen LogP contribution in [0.4, 0.5) is 5.13 Å². The van der Waals surface area contributed by atoms with E-state index in [2.05, 4.69) is 22.0 Å². The first-order chi connectivity index (χ1) is 11.7. The number of aliphatic imine (C=N–C) groups is 1. The molecule has 2 heterocycles. The molecule has 1 atom stereocenters. The highest BCUT2D eigenvalue weighted by Crippen LogP contribution is 2.33. The third kappa shape index (κ3) is 3.09. The van der Waals surface area contributed by atoms with Crippen molar-refractivity contribution in [2.24, 2.45) is 16.0 Å². The number of aliphatic hydroxyl groups is 1. The van der Waals surface area contributed by atoms with E-state index in [0.29, 0.717) is 17.4 Å². The lowest BCUT2D eigenvalue weighted by molar-refractivity contribution is -0.118. The summed E-state index contributed by atoms with van der Waals surface area (Å²) in [6, 6.07) is 7.80. The minimum atomic E-state index is -0.441. The number of thiazole rings is 1. The molecule has 0 aliphatic carbocycles. The van der Waals surface area contributed by atoms with Crippen molar-refractivity contribution in [1.29, 1.82) is 0 Å². The van der Waals surface area contributed by atoms with Crippen LogP contribution in [0.5, 0.6) is 0 Å². The maximum Gasteiger partial charge on any atom is 0.264 e. The number of anilines is 1. The molecule has 1 aliphatic heterocycles. The second kappa shape index (κ2) is 7.19. The van der Waals surface area contributed by atoms with Crippen molar-refractivity contribution in [3.05, 3.63) is 24.3 Å². The molecular weight excluding hydrogens is 324 g/mol. The maximum absolute atomic E-state index is 12.9. The average Bonchev–Trinajstić information content (AvgIpc) is 3.14. The van der Waals surface area contributed by atoms with Crippen LogP contribution in [0.15, 0.2) is 34.4 Å². The number of carbonyl (C=O) groups excluding carboxylic acids is 1. The summed E-state index contributed by atoms with van der Waals surface area (Å²) in [5, 5.41) is 15.5. The fourth-order valence-electron chi connectivity index (χ4n) is 2.78. The Balaban J connectivity index is 1.95. The number of fused-ring (bicyclic) bond motifs is 1. The maximum atomic E-state index is 12.9. The van der Waals surface area contributed by atoms with E-state index in [0.717, 1.165) is 28.8 Å². The van der Waals surface area contributed by atoms with Gasteiger partial charge in [-0.1, -0.05) is 36.8 Å². The molecule has 0 fully saturated rings. The Labute approximate surface area is 144 Å². The van der Waals surface area contributed by atoms with Gasteiger partial charge in [0.05, 0.1) is 29.1 Å². The molecule has 7 heteroatoms. The van der Waals surface area contributed by atoms with Gasteiger partial charge in [0.25, 0.3) is 5.91 Å². The first-order valence-electron chi connectivity index (χ1n) is 8.04. The molecule has 126 valence electrons. The molecule has 3 rings (SSSR count). The van der Waals surface area contributed by atoms with Crippen molar-refractivity contribution in [2.75, 3.05) is 18.2 Å². The van der Waals surface area contributed by atoms with Crippen LogP contribution >= 0.6 is 11.3 Å². The van der Waals surface area contributed by atoms with Gasteiger partial charge in [0, 0.05) is 5.71 Å². The SMILES string of the molecule is CCCC1=NN(c2nc3ccccc3s2)C(=O)[C@H]1C(C)=NCCO. The van der Waals surface area contributed by atoms with Gasteiger partial charge in [-0.3, -0.25) is 9.79 Å². The summed E-state index contributed by atoms with van der Waals surface area (Å²) < 4.78 is 1.03. The first kappa shape index (κ1) is 16.7. The highest BCUT2D eigenvalue weighted by atomic mass is 32.1. The molecule has 1 amide bonds. The number of hydrogen-bond donors (Lipinski definition) is 1. The van der Waals surface area contributed by atoms with E-state index in [4.69, 9.17) is 5.11 Å². The lowest BCUT2D eigenvalue weighted by atomic mass is 9.95. The van der Waals surface area contributed by atoms with E-state index >= 15 is 0 Å². The van der Waals surface area contributed by atoms with Crippen molar-refractivity contribution < 1.29 is 9.90 Å². The van der Waals surface area contributed by atoms with Crippen molar-refractivity contribution in [2.45, 2.75) is 26.7 Å². The van der Waals surface area contributed by atoms with Crippen LogP contribution in [0.2, 0.25) is 0 Å². The van der Waals surface area contributed by atoms with Crippen molar-refractivity contribution in [3.8, 4) is 0 Å². The lowest BCUT2D eigenvalue weighted by Gasteiger charge is -2.12. The molecular formula is C17H20N4O2S. The van der Waals surface area contributed by atoms with Crippen LogP contribution in [0.25, 0.3) is 10.2 Å². The van der Waals surface area contributed by atoms with Gasteiger partial charge in [0.2, 0.25) is 5.13 Å². The third-order valence-corrected chi connectivity index (χ3v) is 4.88. The van der Waals surface area contributed by atoms with Gasteiger partial charge >= 0.3 is 0 Å². The molecule has 24 heavy (non-hydrogen) atoms. The number of hydrazone groups is 1. The summed E-state index contributed by atoms with van der Waals surface area (Å²) in [6.45, 7) is 4.16. The summed E-state index contributed by atoms with van der Waals surface area (Å²) in [5.41, 5.74) is 2.39. The van der Waals surface area contributed by atoms with Gasteiger partial charge in [0.15, 0.2) is 0 Å². The Hall–Kier alpha value is -2.12. The van der Waals surface area contributed by atoms with Crippen LogP contribution in [0.1, 0.15) is 26.7 Å². The standard InChI is InChI=1S/C17H20N4O2S/c1-3-6-13-15(11(2)18-9-10-22)16(23)21(20-13)17-19-12-7-4-5-8-14(12)24-17/h4-5,7-8,15,22H,3,6,9-10H2,1-2H3/t15-/m0/s1. The topological polar surface area (TPSA) is 78.2 Å². The van der Waals surface area contributed by atoms with Gasteiger partial charge in [0.1, 0.15) is 5.92 Å². The van der Waals surface area contributed by atoms with Gasteiger partial charge in [-0.2, -0.15) is 10.1 Å². The number of hydrogen-bond acceptors (Lipinski definition) is 6. The molecule has 0 unspecified atom stereocenters. The number of carbonyl (C=O) groups is 1. The van der Waals surface area contributed by atoms with Gasteiger partial charge in [-0.05, 0) is 25.5 Å². The molecule has 1 aromatic heterocycles. The number of amides is 1. The number of rotatable bonds is 6. The normalized spacial score (nSPS) is 18.5. The molecule has 2 aromatic rings. The first-order valence-corrected chi connectivity index (χ1v) is 8.86. The van der Waals surface area contributed by atoms with E-state index in [1.807, 2.05) is 31.2 Å². The van der Waals surface area contributed by atoms with Crippen LogP contribution in [0, 0.1) is 5.92 Å². The Bertz CT molecular complexity index is 779. The second-order valence-electron chi connectivity index (χ2n) is 5.64. The predicted molar refractivity (Wildman–Crippen MR) is 98.0 cm³/mol.